The van der Waals surface area contributed by atoms with Crippen molar-refractivity contribution in [2.75, 3.05) is 0 Å². The third-order valence-corrected chi connectivity index (χ3v) is 13.9. The first-order valence-electron chi connectivity index (χ1n) is 21.5. The van der Waals surface area contributed by atoms with Crippen LogP contribution >= 0.6 is 0 Å². The summed E-state index contributed by atoms with van der Waals surface area (Å²) in [5.74, 6) is 0.199. The van der Waals surface area contributed by atoms with Crippen LogP contribution in [0.1, 0.15) is 50.3 Å². The van der Waals surface area contributed by atoms with Crippen LogP contribution in [0, 0.1) is 0 Å². The number of hydrogen-bond donors (Lipinski definition) is 0. The van der Waals surface area contributed by atoms with Crippen molar-refractivity contribution in [3.05, 3.63) is 205 Å². The highest BCUT2D eigenvalue weighted by molar-refractivity contribution is 6.62. The van der Waals surface area contributed by atoms with Gasteiger partial charge in [0.25, 0.3) is 0 Å². The second-order valence-electron chi connectivity index (χ2n) is 17.8. The largest absolute Gasteiger partial charge is 0.494 e. The van der Waals surface area contributed by atoms with E-state index in [-0.39, 0.29) is 5.92 Å². The third kappa shape index (κ3) is 5.46. The van der Waals surface area contributed by atoms with E-state index in [0.29, 0.717) is 0 Å². The molecule has 3 nitrogen and oxygen atoms in total. The molecule has 1 fully saturated rings. The lowest BCUT2D eigenvalue weighted by Gasteiger charge is -2.32. The van der Waals surface area contributed by atoms with Gasteiger partial charge in [-0.1, -0.05) is 164 Å². The van der Waals surface area contributed by atoms with Crippen molar-refractivity contribution in [1.82, 2.24) is 4.57 Å². The Hall–Kier alpha value is -6.72. The normalized spacial score (nSPS) is 15.6. The molecule has 0 saturated carbocycles. The molecule has 12 rings (SSSR count). The SMILES string of the molecule is CC1(C)OB(c2ccc3c(-c4ccc(C5c6ccccc6-c6ccccc65)cc4)c4ccccc4c(-c4ccc(-n5c6ccccc6c6ccccc65)cc4)c3c2)OC1(C)C. The fraction of sp³-hybridized carbons (Fsp3) is 0.123. The maximum Gasteiger partial charge on any atom is 0.494 e. The lowest BCUT2D eigenvalue weighted by Crippen LogP contribution is -2.41. The first kappa shape index (κ1) is 36.2. The van der Waals surface area contributed by atoms with Gasteiger partial charge >= 0.3 is 7.12 Å². The Kier molecular flexibility index (Phi) is 7.94. The van der Waals surface area contributed by atoms with E-state index in [9.17, 15) is 0 Å². The van der Waals surface area contributed by atoms with Gasteiger partial charge in [-0.3, -0.25) is 0 Å². The van der Waals surface area contributed by atoms with Gasteiger partial charge in [-0.25, -0.2) is 0 Å². The summed E-state index contributed by atoms with van der Waals surface area (Å²) in [6.07, 6.45) is 0. The Labute approximate surface area is 357 Å². The lowest BCUT2D eigenvalue weighted by molar-refractivity contribution is 0.00578. The summed E-state index contributed by atoms with van der Waals surface area (Å²) < 4.78 is 15.7. The van der Waals surface area contributed by atoms with Crippen LogP contribution in [0.15, 0.2) is 188 Å². The molecule has 292 valence electrons. The van der Waals surface area contributed by atoms with Gasteiger partial charge in [0.15, 0.2) is 0 Å². The molecule has 0 unspecified atom stereocenters. The van der Waals surface area contributed by atoms with E-state index < -0.39 is 18.3 Å². The third-order valence-electron chi connectivity index (χ3n) is 13.9. The number of nitrogens with zero attached hydrogens (tertiary/aromatic N) is 1. The molecule has 0 spiro atoms. The van der Waals surface area contributed by atoms with E-state index in [1.165, 1.54) is 87.9 Å². The topological polar surface area (TPSA) is 23.4 Å². The Balaban J connectivity index is 1.04. The smallest absolute Gasteiger partial charge is 0.399 e. The number of fused-ring (bicyclic) bond motifs is 8. The molecule has 0 N–H and O–H groups in total. The first-order valence-corrected chi connectivity index (χ1v) is 21.5. The molecule has 0 radical (unpaired) electrons. The average molecular weight is 786 g/mol. The number of para-hydroxylation sites is 2. The number of aromatic nitrogens is 1. The van der Waals surface area contributed by atoms with Crippen LogP contribution in [-0.4, -0.2) is 22.9 Å². The van der Waals surface area contributed by atoms with Gasteiger partial charge in [0.2, 0.25) is 0 Å². The maximum atomic E-state index is 6.66. The van der Waals surface area contributed by atoms with Crippen molar-refractivity contribution in [2.45, 2.75) is 44.8 Å². The minimum absolute atomic E-state index is 0.199. The predicted molar refractivity (Wildman–Crippen MR) is 255 cm³/mol. The summed E-state index contributed by atoms with van der Waals surface area (Å²) in [5, 5.41) is 7.33. The average Bonchev–Trinajstić information content (AvgIpc) is 3.89. The molecule has 1 aromatic heterocycles. The number of hydrogen-bond acceptors (Lipinski definition) is 2. The van der Waals surface area contributed by atoms with E-state index >= 15 is 0 Å². The lowest BCUT2D eigenvalue weighted by atomic mass is 9.76. The van der Waals surface area contributed by atoms with Crippen LogP contribution < -0.4 is 5.46 Å². The van der Waals surface area contributed by atoms with Crippen molar-refractivity contribution in [1.29, 1.82) is 0 Å². The standard InChI is InChI=1S/C57H44BNO2/c1-56(2)57(3,4)61-58(60-56)39-31-34-49-50(35-39)55(38-29-32-40(33-30-38)59-51-23-13-11-17-43(51)44-18-12-14-24-52(44)59)48-22-10-9-21-47(48)54(49)37-27-25-36(26-28-37)53-45-19-7-5-15-41(45)42-16-6-8-20-46(42)53/h5-35,53H,1-4H3. The highest BCUT2D eigenvalue weighted by Gasteiger charge is 2.51. The van der Waals surface area contributed by atoms with Crippen molar-refractivity contribution < 1.29 is 9.31 Å². The summed E-state index contributed by atoms with van der Waals surface area (Å²) in [7, 11) is -0.480. The van der Waals surface area contributed by atoms with Gasteiger partial charge in [0.05, 0.1) is 22.2 Å². The molecule has 2 heterocycles. The zero-order valence-electron chi connectivity index (χ0n) is 34.8. The van der Waals surface area contributed by atoms with E-state index in [1.807, 2.05) is 0 Å². The second-order valence-corrected chi connectivity index (χ2v) is 17.8. The highest BCUT2D eigenvalue weighted by atomic mass is 16.7. The summed E-state index contributed by atoms with van der Waals surface area (Å²) in [4.78, 5) is 0. The van der Waals surface area contributed by atoms with Gasteiger partial charge in [0.1, 0.15) is 0 Å². The molecule has 0 amide bonds. The number of rotatable bonds is 5. The van der Waals surface area contributed by atoms with Crippen LogP contribution in [-0.2, 0) is 9.31 Å². The van der Waals surface area contributed by atoms with Crippen LogP contribution in [0.25, 0.3) is 82.4 Å². The van der Waals surface area contributed by atoms with Crippen LogP contribution in [0.5, 0.6) is 0 Å². The van der Waals surface area contributed by atoms with Crippen LogP contribution in [0.3, 0.4) is 0 Å². The Bertz CT molecular complexity index is 3260. The Morgan fingerprint density at radius 2 is 0.869 bits per heavy atom. The van der Waals surface area contributed by atoms with Crippen LogP contribution in [0.2, 0.25) is 0 Å². The molecule has 1 saturated heterocycles. The molecule has 1 aliphatic carbocycles. The van der Waals surface area contributed by atoms with Crippen molar-refractivity contribution in [2.24, 2.45) is 0 Å². The monoisotopic (exact) mass is 785 g/mol. The fourth-order valence-electron chi connectivity index (χ4n) is 10.3. The highest BCUT2D eigenvalue weighted by Crippen LogP contribution is 2.49. The first-order chi connectivity index (χ1) is 29.8. The quantitative estimate of drug-likeness (QED) is 0.128. The minimum atomic E-state index is -0.480. The summed E-state index contributed by atoms with van der Waals surface area (Å²) in [6, 6.07) is 69.4. The summed E-state index contributed by atoms with van der Waals surface area (Å²) in [5.41, 5.74) is 15.2. The molecule has 10 aromatic rings. The summed E-state index contributed by atoms with van der Waals surface area (Å²) >= 11 is 0. The van der Waals surface area contributed by atoms with E-state index in [4.69, 9.17) is 9.31 Å². The fourth-order valence-corrected chi connectivity index (χ4v) is 10.3. The van der Waals surface area contributed by atoms with Gasteiger partial charge in [-0.05, 0) is 129 Å². The molecule has 4 heteroatoms. The molecule has 61 heavy (non-hydrogen) atoms. The molecule has 0 bridgehead atoms. The number of benzene rings is 9. The Morgan fingerprint density at radius 3 is 1.43 bits per heavy atom. The molecule has 2 aliphatic rings. The van der Waals surface area contributed by atoms with E-state index in [1.54, 1.807) is 0 Å². The molecular weight excluding hydrogens is 741 g/mol. The van der Waals surface area contributed by atoms with Gasteiger partial charge in [-0.2, -0.15) is 0 Å². The van der Waals surface area contributed by atoms with Crippen molar-refractivity contribution >= 4 is 55.9 Å². The zero-order valence-corrected chi connectivity index (χ0v) is 34.8. The maximum absolute atomic E-state index is 6.66. The zero-order chi connectivity index (χ0) is 41.0. The van der Waals surface area contributed by atoms with E-state index in [2.05, 4.69) is 220 Å². The van der Waals surface area contributed by atoms with E-state index in [0.717, 1.165) is 16.7 Å². The molecule has 1 aliphatic heterocycles. The minimum Gasteiger partial charge on any atom is -0.399 e. The van der Waals surface area contributed by atoms with Crippen molar-refractivity contribution in [3.63, 3.8) is 0 Å². The predicted octanol–water partition coefficient (Wildman–Crippen LogP) is 13.9. The molecular formula is C57H44BNO2. The van der Waals surface area contributed by atoms with Crippen LogP contribution in [0.4, 0.5) is 0 Å². The van der Waals surface area contributed by atoms with Crippen molar-refractivity contribution in [3.8, 4) is 39.1 Å². The van der Waals surface area contributed by atoms with Gasteiger partial charge in [-0.15, -0.1) is 0 Å². The second kappa shape index (κ2) is 13.4. The van der Waals surface area contributed by atoms with Gasteiger partial charge in [0, 0.05) is 22.4 Å². The molecule has 9 aromatic carbocycles. The van der Waals surface area contributed by atoms with Gasteiger partial charge < -0.3 is 13.9 Å². The Morgan fingerprint density at radius 1 is 0.426 bits per heavy atom. The molecule has 0 atom stereocenters. The summed E-state index contributed by atoms with van der Waals surface area (Å²) in [6.45, 7) is 8.49.